The van der Waals surface area contributed by atoms with Crippen LogP contribution in [0.2, 0.25) is 0 Å². The molecule has 0 aromatic heterocycles. The van der Waals surface area contributed by atoms with Crippen molar-refractivity contribution < 1.29 is 4.79 Å². The number of nitrogens with one attached hydrogen (secondary N) is 1. The summed E-state index contributed by atoms with van der Waals surface area (Å²) < 4.78 is 0. The number of hydrogen-bond donors (Lipinski definition) is 1. The summed E-state index contributed by atoms with van der Waals surface area (Å²) in [5, 5.41) is 3.23. The van der Waals surface area contributed by atoms with Gasteiger partial charge in [0.15, 0.2) is 0 Å². The number of nitrogens with zero attached hydrogens (tertiary/aromatic N) is 1. The second kappa shape index (κ2) is 5.35. The first-order valence-electron chi connectivity index (χ1n) is 5.18. The second-order valence-corrected chi connectivity index (χ2v) is 5.22. The summed E-state index contributed by atoms with van der Waals surface area (Å²) in [5.41, 5.74) is 0.327. The molecule has 1 atom stereocenters. The zero-order valence-corrected chi connectivity index (χ0v) is 10.3. The zero-order chi connectivity index (χ0) is 11.4. The van der Waals surface area contributed by atoms with Gasteiger partial charge < -0.3 is 10.2 Å². The van der Waals surface area contributed by atoms with E-state index in [9.17, 15) is 4.79 Å². The van der Waals surface area contributed by atoms with Gasteiger partial charge in [0.05, 0.1) is 6.04 Å². The molecule has 0 saturated carbocycles. The number of hydrogen-bond acceptors (Lipinski definition) is 2. The van der Waals surface area contributed by atoms with E-state index >= 15 is 0 Å². The molecular formula is C11H24N2O. The minimum absolute atomic E-state index is 0.0765. The Labute approximate surface area is 87.9 Å². The lowest BCUT2D eigenvalue weighted by molar-refractivity contribution is -0.130. The Morgan fingerprint density at radius 3 is 2.21 bits per heavy atom. The van der Waals surface area contributed by atoms with Crippen molar-refractivity contribution in [2.45, 2.75) is 40.2 Å². The second-order valence-electron chi connectivity index (χ2n) is 5.22. The van der Waals surface area contributed by atoms with Crippen LogP contribution in [0.1, 0.15) is 34.1 Å². The monoisotopic (exact) mass is 200 g/mol. The van der Waals surface area contributed by atoms with Gasteiger partial charge in [-0.15, -0.1) is 0 Å². The molecule has 0 saturated heterocycles. The Hall–Kier alpha value is -0.570. The highest BCUT2D eigenvalue weighted by Crippen LogP contribution is 2.16. The van der Waals surface area contributed by atoms with Crippen LogP contribution in [0.3, 0.4) is 0 Å². The van der Waals surface area contributed by atoms with Gasteiger partial charge in [-0.3, -0.25) is 4.79 Å². The lowest BCUT2D eigenvalue weighted by Crippen LogP contribution is -2.42. The van der Waals surface area contributed by atoms with Crippen molar-refractivity contribution in [3.05, 3.63) is 0 Å². The predicted molar refractivity (Wildman–Crippen MR) is 60.2 cm³/mol. The van der Waals surface area contributed by atoms with Gasteiger partial charge in [-0.1, -0.05) is 20.8 Å². The smallest absolute Gasteiger partial charge is 0.238 e. The largest absolute Gasteiger partial charge is 0.347 e. The molecule has 0 heterocycles. The maximum atomic E-state index is 11.5. The molecule has 0 aliphatic rings. The first kappa shape index (κ1) is 13.4. The van der Waals surface area contributed by atoms with E-state index in [0.717, 1.165) is 13.0 Å². The van der Waals surface area contributed by atoms with E-state index in [2.05, 4.69) is 26.1 Å². The first-order chi connectivity index (χ1) is 6.24. The fraction of sp³-hybridized carbons (Fsp3) is 0.909. The average Bonchev–Trinajstić information content (AvgIpc) is 2.00. The Bertz CT molecular complexity index is 182. The third kappa shape index (κ3) is 5.97. The van der Waals surface area contributed by atoms with E-state index < -0.39 is 0 Å². The van der Waals surface area contributed by atoms with E-state index in [1.54, 1.807) is 19.0 Å². The van der Waals surface area contributed by atoms with Gasteiger partial charge in [0.1, 0.15) is 0 Å². The summed E-state index contributed by atoms with van der Waals surface area (Å²) in [6.45, 7) is 9.41. The van der Waals surface area contributed by atoms with Gasteiger partial charge in [0.25, 0.3) is 0 Å². The molecule has 1 N–H and O–H groups in total. The quantitative estimate of drug-likeness (QED) is 0.745. The Morgan fingerprint density at radius 1 is 1.36 bits per heavy atom. The molecule has 14 heavy (non-hydrogen) atoms. The van der Waals surface area contributed by atoms with Gasteiger partial charge in [0.2, 0.25) is 5.91 Å². The topological polar surface area (TPSA) is 32.3 Å². The van der Waals surface area contributed by atoms with Crippen LogP contribution in [0, 0.1) is 5.41 Å². The van der Waals surface area contributed by atoms with Crippen molar-refractivity contribution in [1.29, 1.82) is 0 Å². The van der Waals surface area contributed by atoms with E-state index in [-0.39, 0.29) is 11.9 Å². The van der Waals surface area contributed by atoms with E-state index in [1.165, 1.54) is 0 Å². The molecule has 0 rings (SSSR count). The summed E-state index contributed by atoms with van der Waals surface area (Å²) in [4.78, 5) is 13.1. The Morgan fingerprint density at radius 2 is 1.86 bits per heavy atom. The highest BCUT2D eigenvalue weighted by molar-refractivity contribution is 5.80. The average molecular weight is 200 g/mol. The molecule has 0 aliphatic heterocycles. The number of likely N-dealkylation sites (N-methyl/N-ethyl adjacent to an activating group) is 1. The molecule has 3 heteroatoms. The summed E-state index contributed by atoms with van der Waals surface area (Å²) in [6, 6.07) is -0.0765. The summed E-state index contributed by atoms with van der Waals surface area (Å²) in [6.07, 6.45) is 1.08. The molecular weight excluding hydrogens is 176 g/mol. The lowest BCUT2D eigenvalue weighted by Gasteiger charge is -2.22. The SMILES string of the molecule is CC(NCCC(C)(C)C)C(=O)N(C)C. The molecule has 84 valence electrons. The fourth-order valence-corrected chi connectivity index (χ4v) is 1.14. The van der Waals surface area contributed by atoms with Crippen LogP contribution < -0.4 is 5.32 Å². The molecule has 0 fully saturated rings. The number of carbonyl (C=O) groups excluding carboxylic acids is 1. The Kier molecular flexibility index (Phi) is 5.13. The minimum Gasteiger partial charge on any atom is -0.347 e. The van der Waals surface area contributed by atoms with Crippen LogP contribution in [0.15, 0.2) is 0 Å². The number of amides is 1. The summed E-state index contributed by atoms with van der Waals surface area (Å²) in [7, 11) is 3.56. The molecule has 0 spiro atoms. The van der Waals surface area contributed by atoms with Crippen LogP contribution in [0.5, 0.6) is 0 Å². The van der Waals surface area contributed by atoms with Gasteiger partial charge in [-0.25, -0.2) is 0 Å². The third-order valence-corrected chi connectivity index (χ3v) is 2.14. The van der Waals surface area contributed by atoms with E-state index in [0.29, 0.717) is 5.41 Å². The maximum Gasteiger partial charge on any atom is 0.238 e. The third-order valence-electron chi connectivity index (χ3n) is 2.14. The van der Waals surface area contributed by atoms with Crippen LogP contribution in [0.4, 0.5) is 0 Å². The van der Waals surface area contributed by atoms with Crippen molar-refractivity contribution in [3.63, 3.8) is 0 Å². The van der Waals surface area contributed by atoms with Gasteiger partial charge in [-0.2, -0.15) is 0 Å². The summed E-state index contributed by atoms with van der Waals surface area (Å²) >= 11 is 0. The maximum absolute atomic E-state index is 11.5. The molecule has 0 aromatic rings. The van der Waals surface area contributed by atoms with Crippen LogP contribution in [0.25, 0.3) is 0 Å². The highest BCUT2D eigenvalue weighted by Gasteiger charge is 2.15. The highest BCUT2D eigenvalue weighted by atomic mass is 16.2. The lowest BCUT2D eigenvalue weighted by atomic mass is 9.92. The standard InChI is InChI=1S/C11H24N2O/c1-9(10(14)13(5)6)12-8-7-11(2,3)4/h9,12H,7-8H2,1-6H3. The van der Waals surface area contributed by atoms with Crippen LogP contribution >= 0.6 is 0 Å². The predicted octanol–water partition coefficient (Wildman–Crippen LogP) is 1.49. The molecule has 0 aromatic carbocycles. The van der Waals surface area contributed by atoms with Gasteiger partial charge in [0, 0.05) is 14.1 Å². The van der Waals surface area contributed by atoms with Crippen molar-refractivity contribution in [2.24, 2.45) is 5.41 Å². The van der Waals surface area contributed by atoms with Gasteiger partial charge >= 0.3 is 0 Å². The van der Waals surface area contributed by atoms with Crippen molar-refractivity contribution in [2.75, 3.05) is 20.6 Å². The zero-order valence-electron chi connectivity index (χ0n) is 10.3. The molecule has 1 unspecified atom stereocenters. The van der Waals surface area contributed by atoms with E-state index in [4.69, 9.17) is 0 Å². The Balaban J connectivity index is 3.75. The first-order valence-corrected chi connectivity index (χ1v) is 5.18. The van der Waals surface area contributed by atoms with Crippen LogP contribution in [-0.4, -0.2) is 37.5 Å². The van der Waals surface area contributed by atoms with Gasteiger partial charge in [-0.05, 0) is 25.3 Å². The normalized spacial score (nSPS) is 13.9. The summed E-state index contributed by atoms with van der Waals surface area (Å²) in [5.74, 6) is 0.138. The fourth-order valence-electron chi connectivity index (χ4n) is 1.14. The molecule has 3 nitrogen and oxygen atoms in total. The van der Waals surface area contributed by atoms with Crippen LogP contribution in [-0.2, 0) is 4.79 Å². The molecule has 1 amide bonds. The molecule has 0 aliphatic carbocycles. The minimum atomic E-state index is -0.0765. The van der Waals surface area contributed by atoms with Crippen molar-refractivity contribution >= 4 is 5.91 Å². The number of rotatable bonds is 4. The van der Waals surface area contributed by atoms with Crippen molar-refractivity contribution in [1.82, 2.24) is 10.2 Å². The molecule has 0 radical (unpaired) electrons. The molecule has 0 bridgehead atoms. The van der Waals surface area contributed by atoms with Crippen molar-refractivity contribution in [3.8, 4) is 0 Å². The van der Waals surface area contributed by atoms with E-state index in [1.807, 2.05) is 6.92 Å². The number of carbonyl (C=O) groups is 1.